The quantitative estimate of drug-likeness (QED) is 0.632. The Kier molecular flexibility index (Phi) is 3.38. The molecular weight excluding hydrogens is 214 g/mol. The molecule has 16 heavy (non-hydrogen) atoms. The molecule has 89 valence electrons. The molecule has 0 atom stereocenters. The van der Waals surface area contributed by atoms with E-state index in [1.165, 1.54) is 5.19 Å². The highest BCUT2D eigenvalue weighted by Gasteiger charge is 2.37. The highest BCUT2D eigenvalue weighted by Crippen LogP contribution is 2.36. The summed E-state index contributed by atoms with van der Waals surface area (Å²) in [6.45, 7) is 11.6. The first-order valence-corrected chi connectivity index (χ1v) is 8.51. The second-order valence-electron chi connectivity index (χ2n) is 5.81. The van der Waals surface area contributed by atoms with E-state index < -0.39 is 8.07 Å². The predicted molar refractivity (Wildman–Crippen MR) is 73.7 cm³/mol. The molecule has 0 fully saturated rings. The Balaban J connectivity index is 3.27. The van der Waals surface area contributed by atoms with Crippen molar-refractivity contribution >= 4 is 18.9 Å². The van der Waals surface area contributed by atoms with Crippen LogP contribution in [0.1, 0.15) is 20.8 Å². The summed E-state index contributed by atoms with van der Waals surface area (Å²) < 4.78 is 5.04. The zero-order valence-electron chi connectivity index (χ0n) is 10.9. The van der Waals surface area contributed by atoms with Crippen molar-refractivity contribution in [2.75, 3.05) is 5.73 Å². The van der Waals surface area contributed by atoms with Crippen molar-refractivity contribution in [3.8, 4) is 5.75 Å². The third-order valence-electron chi connectivity index (χ3n) is 3.69. The number of ether oxygens (including phenoxy) is 1. The fourth-order valence-electron chi connectivity index (χ4n) is 1.50. The minimum absolute atomic E-state index is 0.291. The second kappa shape index (κ2) is 4.13. The predicted octanol–water partition coefficient (Wildman–Crippen LogP) is 3.15. The van der Waals surface area contributed by atoms with Crippen molar-refractivity contribution in [1.29, 1.82) is 0 Å². The molecule has 0 aliphatic rings. The molecule has 0 saturated heterocycles. The van der Waals surface area contributed by atoms with Crippen LogP contribution in [-0.4, -0.2) is 8.07 Å². The van der Waals surface area contributed by atoms with E-state index in [9.17, 15) is 0 Å². The zero-order chi connectivity index (χ0) is 12.6. The van der Waals surface area contributed by atoms with E-state index >= 15 is 0 Å². The molecule has 0 heterocycles. The maximum atomic E-state index is 5.89. The molecule has 0 bridgehead atoms. The Morgan fingerprint density at radius 1 is 1.19 bits per heavy atom. The van der Waals surface area contributed by atoms with Crippen LogP contribution in [-0.2, 0) is 0 Å². The van der Waals surface area contributed by atoms with E-state index in [4.69, 9.17) is 10.5 Å². The number of nitrogens with two attached hydrogens (primary N) is 1. The molecular formula is C13H22NOSi. The van der Waals surface area contributed by atoms with Crippen molar-refractivity contribution in [2.45, 2.75) is 38.9 Å². The monoisotopic (exact) mass is 236 g/mol. The van der Waals surface area contributed by atoms with Crippen LogP contribution in [0.15, 0.2) is 18.2 Å². The van der Waals surface area contributed by atoms with Crippen molar-refractivity contribution in [3.05, 3.63) is 25.3 Å². The van der Waals surface area contributed by atoms with E-state index in [0.29, 0.717) is 5.04 Å². The van der Waals surface area contributed by atoms with Crippen LogP contribution in [0, 0.1) is 7.11 Å². The summed E-state index contributed by atoms with van der Waals surface area (Å²) in [5, 5.41) is 1.61. The van der Waals surface area contributed by atoms with E-state index in [1.54, 1.807) is 0 Å². The van der Waals surface area contributed by atoms with Gasteiger partial charge in [0.1, 0.15) is 12.9 Å². The van der Waals surface area contributed by atoms with Crippen LogP contribution in [0.25, 0.3) is 0 Å². The van der Waals surface area contributed by atoms with E-state index in [-0.39, 0.29) is 0 Å². The standard InChI is InChI=1S/C13H22NOSi/c1-13(2,3)16(5,6)12-8-10(14)7-11(9-12)15-4/h7-9H,4,14H2,1-3,5-6H3. The van der Waals surface area contributed by atoms with Gasteiger partial charge in [0.15, 0.2) is 0 Å². The molecule has 1 rings (SSSR count). The van der Waals surface area contributed by atoms with Crippen LogP contribution < -0.4 is 15.7 Å². The van der Waals surface area contributed by atoms with Crippen molar-refractivity contribution in [3.63, 3.8) is 0 Å². The minimum atomic E-state index is -1.55. The van der Waals surface area contributed by atoms with E-state index in [1.807, 2.05) is 6.07 Å². The van der Waals surface area contributed by atoms with Gasteiger partial charge in [0, 0.05) is 11.8 Å². The molecule has 0 aliphatic carbocycles. The fourth-order valence-corrected chi connectivity index (χ4v) is 3.40. The average Bonchev–Trinajstić information content (AvgIpc) is 2.15. The molecule has 0 aromatic heterocycles. The van der Waals surface area contributed by atoms with Crippen molar-refractivity contribution in [1.82, 2.24) is 0 Å². The lowest BCUT2D eigenvalue weighted by molar-refractivity contribution is 0.473. The van der Waals surface area contributed by atoms with Gasteiger partial charge in [0.25, 0.3) is 0 Å². The van der Waals surface area contributed by atoms with Gasteiger partial charge in [-0.05, 0) is 17.2 Å². The van der Waals surface area contributed by atoms with Gasteiger partial charge >= 0.3 is 0 Å². The Bertz CT molecular complexity index is 380. The Morgan fingerprint density at radius 3 is 2.19 bits per heavy atom. The molecule has 1 aromatic rings. The summed E-state index contributed by atoms with van der Waals surface area (Å²) in [5.74, 6) is 0.750. The number of hydrogen-bond donors (Lipinski definition) is 1. The molecule has 3 heteroatoms. The first-order valence-electron chi connectivity index (χ1n) is 5.51. The molecule has 0 saturated carbocycles. The Labute approximate surface area is 99.8 Å². The van der Waals surface area contributed by atoms with Gasteiger partial charge in [-0.3, -0.25) is 0 Å². The number of nitrogen functional groups attached to an aromatic ring is 1. The maximum absolute atomic E-state index is 5.89. The van der Waals surface area contributed by atoms with Crippen LogP contribution in [0.5, 0.6) is 5.75 Å². The average molecular weight is 236 g/mol. The molecule has 0 unspecified atom stereocenters. The zero-order valence-corrected chi connectivity index (χ0v) is 11.9. The summed E-state index contributed by atoms with van der Waals surface area (Å²) >= 11 is 0. The van der Waals surface area contributed by atoms with Crippen LogP contribution in [0.3, 0.4) is 0 Å². The SMILES string of the molecule is [CH2]Oc1cc(N)cc([Si](C)(C)C(C)(C)C)c1. The molecule has 0 spiro atoms. The molecule has 0 amide bonds. The topological polar surface area (TPSA) is 35.2 Å². The normalized spacial score (nSPS) is 12.6. The lowest BCUT2D eigenvalue weighted by Gasteiger charge is -2.37. The van der Waals surface area contributed by atoms with Gasteiger partial charge in [0.05, 0.1) is 8.07 Å². The summed E-state index contributed by atoms with van der Waals surface area (Å²) in [4.78, 5) is 0. The maximum Gasteiger partial charge on any atom is 0.122 e. The van der Waals surface area contributed by atoms with Gasteiger partial charge in [-0.1, -0.05) is 39.1 Å². The van der Waals surface area contributed by atoms with Gasteiger partial charge < -0.3 is 10.5 Å². The van der Waals surface area contributed by atoms with Crippen LogP contribution in [0.4, 0.5) is 5.69 Å². The number of anilines is 1. The first kappa shape index (κ1) is 13.1. The van der Waals surface area contributed by atoms with Gasteiger partial charge in [-0.25, -0.2) is 0 Å². The van der Waals surface area contributed by atoms with Gasteiger partial charge in [-0.2, -0.15) is 0 Å². The smallest absolute Gasteiger partial charge is 0.122 e. The summed E-state index contributed by atoms with van der Waals surface area (Å²) in [7, 11) is 1.89. The Morgan fingerprint density at radius 2 is 1.75 bits per heavy atom. The Hall–Kier alpha value is -0.963. The number of rotatable bonds is 2. The minimum Gasteiger partial charge on any atom is -0.490 e. The second-order valence-corrected chi connectivity index (χ2v) is 11.1. The largest absolute Gasteiger partial charge is 0.490 e. The van der Waals surface area contributed by atoms with Gasteiger partial charge in [0.2, 0.25) is 0 Å². The van der Waals surface area contributed by atoms with Crippen molar-refractivity contribution < 1.29 is 4.74 Å². The third-order valence-corrected chi connectivity index (χ3v) is 9.17. The highest BCUT2D eigenvalue weighted by molar-refractivity contribution is 6.92. The summed E-state index contributed by atoms with van der Waals surface area (Å²) in [6.07, 6.45) is 0. The fraction of sp³-hybridized carbons (Fsp3) is 0.462. The van der Waals surface area contributed by atoms with Gasteiger partial charge in [-0.15, -0.1) is 0 Å². The summed E-state index contributed by atoms with van der Waals surface area (Å²) in [5.41, 5.74) is 6.64. The number of benzene rings is 1. The molecule has 1 radical (unpaired) electrons. The molecule has 2 N–H and O–H groups in total. The summed E-state index contributed by atoms with van der Waals surface area (Å²) in [6, 6.07) is 5.95. The molecule has 2 nitrogen and oxygen atoms in total. The molecule has 0 aliphatic heterocycles. The lowest BCUT2D eigenvalue weighted by Crippen LogP contribution is -2.49. The third kappa shape index (κ3) is 2.40. The number of hydrogen-bond acceptors (Lipinski definition) is 2. The lowest BCUT2D eigenvalue weighted by atomic mass is 10.2. The molecule has 1 aromatic carbocycles. The van der Waals surface area contributed by atoms with E-state index in [2.05, 4.69) is 53.1 Å². The van der Waals surface area contributed by atoms with E-state index in [0.717, 1.165) is 11.4 Å². The van der Waals surface area contributed by atoms with Crippen LogP contribution >= 0.6 is 0 Å². The van der Waals surface area contributed by atoms with Crippen LogP contribution in [0.2, 0.25) is 18.1 Å². The first-order chi connectivity index (χ1) is 7.18. The van der Waals surface area contributed by atoms with Crippen molar-refractivity contribution in [2.24, 2.45) is 0 Å². The highest BCUT2D eigenvalue weighted by atomic mass is 28.3.